The Morgan fingerprint density at radius 1 is 1.23 bits per heavy atom. The van der Waals surface area contributed by atoms with E-state index in [4.69, 9.17) is 20.2 Å². The molecular weight excluding hydrogens is 278 g/mol. The third-order valence-electron chi connectivity index (χ3n) is 4.39. The Morgan fingerprint density at radius 2 is 1.95 bits per heavy atom. The maximum absolute atomic E-state index is 6.27. The first-order valence-corrected chi connectivity index (χ1v) is 7.60. The van der Waals surface area contributed by atoms with Crippen molar-refractivity contribution in [3.05, 3.63) is 29.7 Å². The van der Waals surface area contributed by atoms with Gasteiger partial charge in [-0.25, -0.2) is 4.98 Å². The highest BCUT2D eigenvalue weighted by Crippen LogP contribution is 2.36. The molecule has 0 spiro atoms. The summed E-state index contributed by atoms with van der Waals surface area (Å²) in [5.74, 6) is 3.00. The number of fused-ring (bicyclic) bond motifs is 1. The van der Waals surface area contributed by atoms with Gasteiger partial charge in [-0.1, -0.05) is 6.92 Å². The number of nitrogens with two attached hydrogens (primary N) is 1. The summed E-state index contributed by atoms with van der Waals surface area (Å²) >= 11 is 0. The number of methoxy groups -OCH3 is 2. The standard InChI is InChI=1S/C17H23N3O2/c1-10-7-13(18)17-19-16(11(2)20(17)9-10)12-5-6-14(21-3)15(8-12)22-4/h5-6,8,10,13H,7,9,18H2,1-4H3. The van der Waals surface area contributed by atoms with E-state index in [1.54, 1.807) is 14.2 Å². The Morgan fingerprint density at radius 3 is 2.64 bits per heavy atom. The molecule has 1 aromatic heterocycles. The Hall–Kier alpha value is -2.01. The topological polar surface area (TPSA) is 62.3 Å². The molecule has 2 heterocycles. The minimum Gasteiger partial charge on any atom is -0.493 e. The average molecular weight is 301 g/mol. The van der Waals surface area contributed by atoms with E-state index in [1.807, 2.05) is 18.2 Å². The number of rotatable bonds is 3. The zero-order valence-corrected chi connectivity index (χ0v) is 13.6. The number of hydrogen-bond donors (Lipinski definition) is 1. The third kappa shape index (κ3) is 2.35. The molecule has 3 rings (SSSR count). The minimum atomic E-state index is 0.0105. The van der Waals surface area contributed by atoms with Gasteiger partial charge in [0.05, 0.1) is 26.0 Å². The molecular formula is C17H23N3O2. The van der Waals surface area contributed by atoms with E-state index in [0.29, 0.717) is 11.7 Å². The van der Waals surface area contributed by atoms with Gasteiger partial charge in [0.25, 0.3) is 0 Å². The van der Waals surface area contributed by atoms with Gasteiger partial charge in [-0.2, -0.15) is 0 Å². The van der Waals surface area contributed by atoms with Crippen LogP contribution in [0.3, 0.4) is 0 Å². The second-order valence-corrected chi connectivity index (χ2v) is 6.03. The van der Waals surface area contributed by atoms with Crippen LogP contribution in [0.2, 0.25) is 0 Å². The van der Waals surface area contributed by atoms with Gasteiger partial charge in [0, 0.05) is 17.8 Å². The zero-order chi connectivity index (χ0) is 15.9. The fraction of sp³-hybridized carbons (Fsp3) is 0.471. The Labute approximate surface area is 131 Å². The molecule has 1 aromatic carbocycles. The van der Waals surface area contributed by atoms with Crippen LogP contribution < -0.4 is 15.2 Å². The van der Waals surface area contributed by atoms with E-state index in [9.17, 15) is 0 Å². The van der Waals surface area contributed by atoms with E-state index >= 15 is 0 Å². The Bertz CT molecular complexity index is 693. The fourth-order valence-electron chi connectivity index (χ4n) is 3.25. The van der Waals surface area contributed by atoms with Crippen LogP contribution in [0.15, 0.2) is 18.2 Å². The Balaban J connectivity index is 2.08. The van der Waals surface area contributed by atoms with Gasteiger partial charge >= 0.3 is 0 Å². The minimum absolute atomic E-state index is 0.0105. The summed E-state index contributed by atoms with van der Waals surface area (Å²) in [7, 11) is 3.28. The lowest BCUT2D eigenvalue weighted by Crippen LogP contribution is -2.27. The van der Waals surface area contributed by atoms with Crippen molar-refractivity contribution >= 4 is 0 Å². The SMILES string of the molecule is COc1ccc(-c2nc3n(c2C)CC(C)CC3N)cc1OC. The number of benzene rings is 1. The molecule has 2 atom stereocenters. The van der Waals surface area contributed by atoms with E-state index < -0.39 is 0 Å². The van der Waals surface area contributed by atoms with Crippen LogP contribution in [-0.4, -0.2) is 23.8 Å². The first-order chi connectivity index (χ1) is 10.5. The quantitative estimate of drug-likeness (QED) is 0.947. The molecule has 2 aromatic rings. The van der Waals surface area contributed by atoms with Crippen LogP contribution in [0.5, 0.6) is 11.5 Å². The van der Waals surface area contributed by atoms with Crippen molar-refractivity contribution in [2.75, 3.05) is 14.2 Å². The molecule has 0 aliphatic carbocycles. The maximum Gasteiger partial charge on any atom is 0.161 e. The summed E-state index contributed by atoms with van der Waals surface area (Å²) in [6, 6.07) is 5.90. The normalized spacial score (nSPS) is 20.6. The number of ether oxygens (including phenoxy) is 2. The van der Waals surface area contributed by atoms with Crippen LogP contribution >= 0.6 is 0 Å². The van der Waals surface area contributed by atoms with Crippen LogP contribution in [0.1, 0.15) is 30.9 Å². The summed E-state index contributed by atoms with van der Waals surface area (Å²) < 4.78 is 12.9. The second-order valence-electron chi connectivity index (χ2n) is 6.03. The van der Waals surface area contributed by atoms with Gasteiger partial charge < -0.3 is 19.8 Å². The number of nitrogens with zero attached hydrogens (tertiary/aromatic N) is 2. The van der Waals surface area contributed by atoms with Crippen molar-refractivity contribution < 1.29 is 9.47 Å². The highest BCUT2D eigenvalue weighted by molar-refractivity contribution is 5.66. The van der Waals surface area contributed by atoms with Crippen molar-refractivity contribution in [3.8, 4) is 22.8 Å². The summed E-state index contributed by atoms with van der Waals surface area (Å²) in [5.41, 5.74) is 9.43. The highest BCUT2D eigenvalue weighted by Gasteiger charge is 2.27. The maximum atomic E-state index is 6.27. The lowest BCUT2D eigenvalue weighted by atomic mass is 9.98. The molecule has 2 unspecified atom stereocenters. The molecule has 118 valence electrons. The third-order valence-corrected chi connectivity index (χ3v) is 4.39. The van der Waals surface area contributed by atoms with Crippen LogP contribution in [0, 0.1) is 12.8 Å². The molecule has 1 aliphatic heterocycles. The van der Waals surface area contributed by atoms with Crippen molar-refractivity contribution in [1.29, 1.82) is 0 Å². The lowest BCUT2D eigenvalue weighted by Gasteiger charge is -2.26. The Kier molecular flexibility index (Phi) is 3.83. The van der Waals surface area contributed by atoms with Crippen molar-refractivity contribution in [2.24, 2.45) is 11.7 Å². The van der Waals surface area contributed by atoms with Gasteiger partial charge in [0.1, 0.15) is 5.82 Å². The molecule has 0 fully saturated rings. The summed E-state index contributed by atoms with van der Waals surface area (Å²) in [6.45, 7) is 5.32. The monoisotopic (exact) mass is 301 g/mol. The van der Waals surface area contributed by atoms with Gasteiger partial charge in [0.2, 0.25) is 0 Å². The molecule has 0 radical (unpaired) electrons. The molecule has 1 aliphatic rings. The number of aromatic nitrogens is 2. The molecule has 0 saturated carbocycles. The van der Waals surface area contributed by atoms with E-state index in [0.717, 1.165) is 41.5 Å². The van der Waals surface area contributed by atoms with Crippen LogP contribution in [-0.2, 0) is 6.54 Å². The molecule has 22 heavy (non-hydrogen) atoms. The number of imidazole rings is 1. The molecule has 5 heteroatoms. The van der Waals surface area contributed by atoms with E-state index in [2.05, 4.69) is 18.4 Å². The first kappa shape index (κ1) is 14.9. The molecule has 5 nitrogen and oxygen atoms in total. The second kappa shape index (κ2) is 5.65. The molecule has 0 bridgehead atoms. The number of hydrogen-bond acceptors (Lipinski definition) is 4. The van der Waals surface area contributed by atoms with Crippen molar-refractivity contribution in [2.45, 2.75) is 32.9 Å². The largest absolute Gasteiger partial charge is 0.493 e. The summed E-state index contributed by atoms with van der Waals surface area (Å²) in [4.78, 5) is 4.81. The lowest BCUT2D eigenvalue weighted by molar-refractivity contribution is 0.343. The fourth-order valence-corrected chi connectivity index (χ4v) is 3.25. The molecule has 0 amide bonds. The predicted molar refractivity (Wildman–Crippen MR) is 86.2 cm³/mol. The van der Waals surface area contributed by atoms with Crippen molar-refractivity contribution in [1.82, 2.24) is 9.55 Å². The van der Waals surface area contributed by atoms with Crippen LogP contribution in [0.4, 0.5) is 0 Å². The van der Waals surface area contributed by atoms with Gasteiger partial charge in [-0.3, -0.25) is 0 Å². The smallest absolute Gasteiger partial charge is 0.161 e. The average Bonchev–Trinajstić information content (AvgIpc) is 2.84. The molecule has 0 saturated heterocycles. The highest BCUT2D eigenvalue weighted by atomic mass is 16.5. The summed E-state index contributed by atoms with van der Waals surface area (Å²) in [5, 5.41) is 0. The molecule has 2 N–H and O–H groups in total. The predicted octanol–water partition coefficient (Wildman–Crippen LogP) is 2.92. The van der Waals surface area contributed by atoms with E-state index in [1.165, 1.54) is 0 Å². The first-order valence-electron chi connectivity index (χ1n) is 7.60. The van der Waals surface area contributed by atoms with E-state index in [-0.39, 0.29) is 6.04 Å². The summed E-state index contributed by atoms with van der Waals surface area (Å²) in [6.07, 6.45) is 0.988. The van der Waals surface area contributed by atoms with Crippen LogP contribution in [0.25, 0.3) is 11.3 Å². The van der Waals surface area contributed by atoms with Gasteiger partial charge in [-0.05, 0) is 37.5 Å². The zero-order valence-electron chi connectivity index (χ0n) is 13.6. The van der Waals surface area contributed by atoms with Crippen molar-refractivity contribution in [3.63, 3.8) is 0 Å². The van der Waals surface area contributed by atoms with Gasteiger partial charge in [-0.15, -0.1) is 0 Å². The van der Waals surface area contributed by atoms with Gasteiger partial charge in [0.15, 0.2) is 11.5 Å².